The van der Waals surface area contributed by atoms with E-state index in [4.69, 9.17) is 0 Å². The first-order valence-corrected chi connectivity index (χ1v) is 24.3. The van der Waals surface area contributed by atoms with Gasteiger partial charge in [0.25, 0.3) is 0 Å². The fraction of sp³-hybridized carbons (Fsp3) is 0.0164. The van der Waals surface area contributed by atoms with E-state index in [9.17, 15) is 52.7 Å². The van der Waals surface area contributed by atoms with Gasteiger partial charge in [0.15, 0.2) is 111 Å². The van der Waals surface area contributed by atoms with E-state index >= 15 is 52.7 Å². The lowest BCUT2D eigenvalue weighted by Gasteiger charge is -2.17. The van der Waals surface area contributed by atoms with Crippen LogP contribution in [0.1, 0.15) is 5.56 Å². The van der Waals surface area contributed by atoms with Gasteiger partial charge in [0.05, 0.1) is 49.9 Å². The number of hydrogen-bond donors (Lipinski definition) is 0. The SMILES string of the molecule is Cc1c(F)c(F)c(F)c(-c2ccc3c(c2)c2cc(-c4c(F)c(F)c(F)c(F)c4F)ccc2n3-c2cc(-c3c(F)c(F)c(F)c(F)c3F)cc(-n3c4ccc(-c5c(F)c(F)c(F)c(F)c5F)cc4c4cc(-c5c(F)c(F)c(F)c(F)c5F)ccc43)c2)c1F. The van der Waals surface area contributed by atoms with Crippen LogP contribution in [-0.2, 0) is 0 Å². The summed E-state index contributed by atoms with van der Waals surface area (Å²) >= 11 is 0. The van der Waals surface area contributed by atoms with E-state index in [1.807, 2.05) is 0 Å². The van der Waals surface area contributed by atoms with Crippen LogP contribution in [0.3, 0.4) is 0 Å². The average Bonchev–Trinajstić information content (AvgIpc) is 1.65. The molecule has 0 radical (unpaired) electrons. The fourth-order valence-electron chi connectivity index (χ4n) is 10.7. The first kappa shape index (κ1) is 57.5. The summed E-state index contributed by atoms with van der Waals surface area (Å²) in [5.41, 5.74) is -15.5. The smallest absolute Gasteiger partial charge is 0.200 e. The second-order valence-electron chi connectivity index (χ2n) is 19.4. The van der Waals surface area contributed by atoms with Gasteiger partial charge in [-0.2, -0.15) is 0 Å². The molecule has 26 heteroatoms. The molecule has 0 aliphatic rings. The zero-order chi connectivity index (χ0) is 62.7. The highest BCUT2D eigenvalue weighted by Gasteiger charge is 2.34. The van der Waals surface area contributed by atoms with Crippen LogP contribution < -0.4 is 0 Å². The Morgan fingerprint density at radius 3 is 0.632 bits per heavy atom. The van der Waals surface area contributed by atoms with Gasteiger partial charge in [-0.05, 0) is 101 Å². The predicted molar refractivity (Wildman–Crippen MR) is 266 cm³/mol. The molecule has 0 spiro atoms. The molecular formula is C61H18F24N2. The van der Waals surface area contributed by atoms with E-state index in [0.717, 1.165) is 88.9 Å². The number of halogens is 24. The number of nitrogens with zero attached hydrogens (tertiary/aromatic N) is 2. The Hall–Kier alpha value is -9.88. The topological polar surface area (TPSA) is 9.86 Å². The van der Waals surface area contributed by atoms with Crippen molar-refractivity contribution in [1.29, 1.82) is 0 Å². The molecule has 2 heterocycles. The van der Waals surface area contributed by atoms with Crippen LogP contribution in [0.4, 0.5) is 105 Å². The Labute approximate surface area is 467 Å². The predicted octanol–water partition coefficient (Wildman–Crippen LogP) is 19.9. The van der Waals surface area contributed by atoms with Gasteiger partial charge in [-0.3, -0.25) is 0 Å². The van der Waals surface area contributed by atoms with Crippen LogP contribution in [0, 0.1) is 147 Å². The molecule has 0 saturated carbocycles. The van der Waals surface area contributed by atoms with Crippen LogP contribution >= 0.6 is 0 Å². The minimum absolute atomic E-state index is 0.328. The second kappa shape index (κ2) is 20.1. The first-order chi connectivity index (χ1) is 41.1. The maximum absolute atomic E-state index is 16.2. The molecule has 12 aromatic rings. The van der Waals surface area contributed by atoms with E-state index in [0.29, 0.717) is 18.2 Å². The molecule has 2 nitrogen and oxygen atoms in total. The van der Waals surface area contributed by atoms with Crippen molar-refractivity contribution in [3.05, 3.63) is 236 Å². The van der Waals surface area contributed by atoms with Gasteiger partial charge < -0.3 is 9.13 Å². The largest absolute Gasteiger partial charge is 0.309 e. The molecule has 10 aromatic carbocycles. The molecule has 0 aliphatic carbocycles. The second-order valence-corrected chi connectivity index (χ2v) is 19.4. The number of aromatic nitrogens is 2. The zero-order valence-corrected chi connectivity index (χ0v) is 42.1. The van der Waals surface area contributed by atoms with Crippen LogP contribution in [-0.4, -0.2) is 9.13 Å². The molecule has 440 valence electrons. The third-order valence-electron chi connectivity index (χ3n) is 14.7. The molecule has 0 N–H and O–H groups in total. The molecule has 0 bridgehead atoms. The maximum atomic E-state index is 16.2. The van der Waals surface area contributed by atoms with Gasteiger partial charge in [-0.15, -0.1) is 0 Å². The summed E-state index contributed by atoms with van der Waals surface area (Å²) in [5.74, 6) is -57.6. The van der Waals surface area contributed by atoms with Crippen LogP contribution in [0.15, 0.2) is 91.0 Å². The Bertz CT molecular complexity index is 4440. The van der Waals surface area contributed by atoms with Gasteiger partial charge in [0, 0.05) is 38.5 Å². The summed E-state index contributed by atoms with van der Waals surface area (Å²) in [4.78, 5) is 0. The lowest BCUT2D eigenvalue weighted by atomic mass is 9.97. The summed E-state index contributed by atoms with van der Waals surface area (Å²) in [5, 5.41) is -1.79. The highest BCUT2D eigenvalue weighted by Crippen LogP contribution is 2.46. The standard InChI is InChI=1S/C61H18F24N2/c1-17-38(62)33(40(64)49(73)39(17)63)18-2-6-29-25(12-18)26-13-19(34-41(65)50(74)58(82)51(75)42(34)66)3-7-30(26)86(29)23-10-22(37-47(71)56(80)61(85)57(81)48(37)72)11-24(16-23)87-31-8-4-20(35-43(67)52(76)59(83)53(77)44(35)68)14-27(31)28-15-21(5-9-32(28)87)36-45(69)54(78)60(84)55(79)46(36)70/h2-16H,1H3. The third kappa shape index (κ3) is 8.18. The van der Waals surface area contributed by atoms with Gasteiger partial charge >= 0.3 is 0 Å². The van der Waals surface area contributed by atoms with Crippen molar-refractivity contribution in [3.8, 4) is 67.0 Å². The van der Waals surface area contributed by atoms with E-state index in [-0.39, 0.29) is 11.0 Å². The van der Waals surface area contributed by atoms with Gasteiger partial charge in [0.1, 0.15) is 5.82 Å². The van der Waals surface area contributed by atoms with Crippen molar-refractivity contribution in [2.75, 3.05) is 0 Å². The summed E-state index contributed by atoms with van der Waals surface area (Å²) in [6.07, 6.45) is 0. The summed E-state index contributed by atoms with van der Waals surface area (Å²) in [6.45, 7) is 0.725. The number of rotatable bonds is 7. The van der Waals surface area contributed by atoms with Crippen molar-refractivity contribution in [2.45, 2.75) is 6.92 Å². The monoisotopic (exact) mass is 1230 g/mol. The van der Waals surface area contributed by atoms with Crippen LogP contribution in [0.2, 0.25) is 0 Å². The fourth-order valence-corrected chi connectivity index (χ4v) is 10.7. The highest BCUT2D eigenvalue weighted by molar-refractivity contribution is 6.13. The lowest BCUT2D eigenvalue weighted by molar-refractivity contribution is 0.381. The van der Waals surface area contributed by atoms with Crippen molar-refractivity contribution in [3.63, 3.8) is 0 Å². The Morgan fingerprint density at radius 2 is 0.391 bits per heavy atom. The van der Waals surface area contributed by atoms with Crippen molar-refractivity contribution in [2.24, 2.45) is 0 Å². The summed E-state index contributed by atoms with van der Waals surface area (Å²) in [6, 6.07) is 12.1. The summed E-state index contributed by atoms with van der Waals surface area (Å²) < 4.78 is 365. The van der Waals surface area contributed by atoms with E-state index in [1.165, 1.54) is 0 Å². The molecule has 87 heavy (non-hydrogen) atoms. The maximum Gasteiger partial charge on any atom is 0.200 e. The Kier molecular flexibility index (Phi) is 13.3. The molecule has 0 amide bonds. The summed E-state index contributed by atoms with van der Waals surface area (Å²) in [7, 11) is 0. The van der Waals surface area contributed by atoms with Crippen molar-refractivity contribution >= 4 is 43.6 Å². The molecule has 0 saturated heterocycles. The van der Waals surface area contributed by atoms with E-state index in [1.54, 1.807) is 0 Å². The van der Waals surface area contributed by atoms with Crippen LogP contribution in [0.5, 0.6) is 0 Å². The Morgan fingerprint density at radius 1 is 0.195 bits per heavy atom. The molecule has 0 fully saturated rings. The minimum Gasteiger partial charge on any atom is -0.309 e. The number of hydrogen-bond acceptors (Lipinski definition) is 0. The van der Waals surface area contributed by atoms with Gasteiger partial charge in [-0.1, -0.05) is 24.3 Å². The normalized spacial score (nSPS) is 12.0. The Balaban J connectivity index is 1.22. The molecule has 0 atom stereocenters. The molecule has 0 aliphatic heterocycles. The first-order valence-electron chi connectivity index (χ1n) is 24.3. The number of fused-ring (bicyclic) bond motifs is 6. The lowest BCUT2D eigenvalue weighted by Crippen LogP contribution is -2.06. The molecule has 0 unspecified atom stereocenters. The average molecular weight is 1230 g/mol. The molecular weight excluding hydrogens is 1220 g/mol. The number of benzene rings is 10. The quantitative estimate of drug-likeness (QED) is 0.0855. The molecule has 12 rings (SSSR count). The van der Waals surface area contributed by atoms with Crippen LogP contribution in [0.25, 0.3) is 111 Å². The van der Waals surface area contributed by atoms with E-state index in [2.05, 4.69) is 0 Å². The van der Waals surface area contributed by atoms with Gasteiger partial charge in [-0.25, -0.2) is 105 Å². The van der Waals surface area contributed by atoms with Crippen molar-refractivity contribution < 1.29 is 105 Å². The molecule has 2 aromatic heterocycles. The minimum atomic E-state index is -2.67. The van der Waals surface area contributed by atoms with Crippen molar-refractivity contribution in [1.82, 2.24) is 9.13 Å². The highest BCUT2D eigenvalue weighted by atomic mass is 19.2. The third-order valence-corrected chi connectivity index (χ3v) is 14.7. The van der Waals surface area contributed by atoms with Gasteiger partial charge in [0.2, 0.25) is 23.3 Å². The zero-order valence-electron chi connectivity index (χ0n) is 42.1. The van der Waals surface area contributed by atoms with E-state index < -0.39 is 245 Å².